The maximum atomic E-state index is 12.7. The molecule has 1 aliphatic carbocycles. The van der Waals surface area contributed by atoms with Gasteiger partial charge in [0.05, 0.1) is 29.7 Å². The Balaban J connectivity index is 2.29. The molecular formula is C14H20N4O2. The molecule has 0 radical (unpaired) electrons. The molecule has 1 aromatic rings. The van der Waals surface area contributed by atoms with Gasteiger partial charge in [0.15, 0.2) is 0 Å². The molecule has 0 bridgehead atoms. The van der Waals surface area contributed by atoms with Crippen molar-refractivity contribution in [3.05, 3.63) is 23.5 Å². The van der Waals surface area contributed by atoms with Crippen LogP contribution in [0.15, 0.2) is 12.3 Å². The van der Waals surface area contributed by atoms with Crippen molar-refractivity contribution in [2.24, 2.45) is 5.73 Å². The molecule has 6 nitrogen and oxygen atoms in total. The average molecular weight is 276 g/mol. The number of anilines is 1. The smallest absolute Gasteiger partial charge is 0.256 e. The molecule has 0 atom stereocenters. The highest BCUT2D eigenvalue weighted by Gasteiger charge is 2.29. The van der Waals surface area contributed by atoms with E-state index < -0.39 is 5.91 Å². The Morgan fingerprint density at radius 1 is 1.40 bits per heavy atom. The van der Waals surface area contributed by atoms with Gasteiger partial charge in [-0.3, -0.25) is 14.6 Å². The topological polar surface area (TPSA) is 102 Å². The first-order chi connectivity index (χ1) is 9.49. The zero-order valence-electron chi connectivity index (χ0n) is 11.6. The van der Waals surface area contributed by atoms with E-state index in [0.717, 1.165) is 25.7 Å². The molecule has 1 aliphatic rings. The second-order valence-electron chi connectivity index (χ2n) is 5.24. The van der Waals surface area contributed by atoms with E-state index in [2.05, 4.69) is 4.98 Å². The first-order valence-electron chi connectivity index (χ1n) is 6.80. The molecule has 0 unspecified atom stereocenters. The molecule has 6 heteroatoms. The fourth-order valence-corrected chi connectivity index (χ4v) is 2.67. The van der Waals surface area contributed by atoms with Crippen LogP contribution in [-0.4, -0.2) is 34.3 Å². The summed E-state index contributed by atoms with van der Waals surface area (Å²) in [5.74, 6) is -0.715. The first kappa shape index (κ1) is 14.3. The number of rotatable bonds is 4. The van der Waals surface area contributed by atoms with E-state index in [0.29, 0.717) is 16.9 Å². The SMILES string of the molecule is Cc1ncc(N)cc1C(=O)N(CC(N)=O)C1CCCC1. The largest absolute Gasteiger partial charge is 0.397 e. The summed E-state index contributed by atoms with van der Waals surface area (Å²) >= 11 is 0. The molecule has 2 rings (SSSR count). The predicted octanol–water partition coefficient (Wildman–Crippen LogP) is 0.842. The van der Waals surface area contributed by atoms with Crippen molar-refractivity contribution in [2.75, 3.05) is 12.3 Å². The normalized spacial score (nSPS) is 15.2. The summed E-state index contributed by atoms with van der Waals surface area (Å²) in [5.41, 5.74) is 12.5. The number of primary amides is 1. The summed E-state index contributed by atoms with van der Waals surface area (Å²) in [6, 6.07) is 1.68. The van der Waals surface area contributed by atoms with Crippen LogP contribution >= 0.6 is 0 Å². The maximum Gasteiger partial charge on any atom is 0.256 e. The molecule has 0 aliphatic heterocycles. The van der Waals surface area contributed by atoms with Gasteiger partial charge < -0.3 is 16.4 Å². The molecule has 1 heterocycles. The minimum atomic E-state index is -0.500. The van der Waals surface area contributed by atoms with Crippen molar-refractivity contribution in [3.8, 4) is 0 Å². The number of carbonyl (C=O) groups is 2. The van der Waals surface area contributed by atoms with Gasteiger partial charge in [0.25, 0.3) is 5.91 Å². The fraction of sp³-hybridized carbons (Fsp3) is 0.500. The number of hydrogen-bond donors (Lipinski definition) is 2. The van der Waals surface area contributed by atoms with Crippen LogP contribution in [0.25, 0.3) is 0 Å². The zero-order valence-corrected chi connectivity index (χ0v) is 11.6. The number of nitrogens with two attached hydrogens (primary N) is 2. The number of pyridine rings is 1. The lowest BCUT2D eigenvalue weighted by Crippen LogP contribution is -2.44. The van der Waals surface area contributed by atoms with Crippen molar-refractivity contribution in [3.63, 3.8) is 0 Å². The van der Waals surface area contributed by atoms with Gasteiger partial charge in [-0.25, -0.2) is 0 Å². The summed E-state index contributed by atoms with van der Waals surface area (Å²) in [6.07, 6.45) is 5.48. The Morgan fingerprint density at radius 2 is 2.05 bits per heavy atom. The Bertz CT molecular complexity index is 524. The van der Waals surface area contributed by atoms with Crippen molar-refractivity contribution in [1.29, 1.82) is 0 Å². The summed E-state index contributed by atoms with van der Waals surface area (Å²) in [7, 11) is 0. The van der Waals surface area contributed by atoms with Crippen LogP contribution in [0, 0.1) is 6.92 Å². The second kappa shape index (κ2) is 5.90. The van der Waals surface area contributed by atoms with Crippen molar-refractivity contribution < 1.29 is 9.59 Å². The Morgan fingerprint density at radius 3 is 2.65 bits per heavy atom. The van der Waals surface area contributed by atoms with E-state index in [1.807, 2.05) is 0 Å². The van der Waals surface area contributed by atoms with E-state index in [1.165, 1.54) is 6.20 Å². The fourth-order valence-electron chi connectivity index (χ4n) is 2.67. The molecule has 0 aromatic carbocycles. The molecule has 1 saturated carbocycles. The quantitative estimate of drug-likeness (QED) is 0.850. The summed E-state index contributed by atoms with van der Waals surface area (Å²) in [6.45, 7) is 1.70. The van der Waals surface area contributed by atoms with Crippen LogP contribution in [-0.2, 0) is 4.79 Å². The Kier molecular flexibility index (Phi) is 4.22. The van der Waals surface area contributed by atoms with Gasteiger partial charge in [-0.15, -0.1) is 0 Å². The Labute approximate surface area is 118 Å². The van der Waals surface area contributed by atoms with Gasteiger partial charge >= 0.3 is 0 Å². The molecular weight excluding hydrogens is 256 g/mol. The number of aromatic nitrogens is 1. The highest BCUT2D eigenvalue weighted by molar-refractivity contribution is 5.98. The summed E-state index contributed by atoms with van der Waals surface area (Å²) in [5, 5.41) is 0. The van der Waals surface area contributed by atoms with Crippen LogP contribution in [0.4, 0.5) is 5.69 Å². The number of carbonyl (C=O) groups excluding carboxylic acids is 2. The number of nitrogen functional groups attached to an aromatic ring is 1. The third kappa shape index (κ3) is 3.07. The minimum absolute atomic E-state index is 0.0578. The lowest BCUT2D eigenvalue weighted by Gasteiger charge is -2.28. The lowest BCUT2D eigenvalue weighted by molar-refractivity contribution is -0.119. The van der Waals surface area contributed by atoms with Gasteiger partial charge in [-0.2, -0.15) is 0 Å². The second-order valence-corrected chi connectivity index (χ2v) is 5.24. The zero-order chi connectivity index (χ0) is 14.7. The molecule has 1 fully saturated rings. The van der Waals surface area contributed by atoms with Crippen LogP contribution in [0.1, 0.15) is 41.7 Å². The average Bonchev–Trinajstić information content (AvgIpc) is 2.91. The number of amides is 2. The van der Waals surface area contributed by atoms with Crippen LogP contribution in [0.3, 0.4) is 0 Å². The van der Waals surface area contributed by atoms with E-state index in [-0.39, 0.29) is 18.5 Å². The molecule has 20 heavy (non-hydrogen) atoms. The van der Waals surface area contributed by atoms with Crippen LogP contribution in [0.2, 0.25) is 0 Å². The summed E-state index contributed by atoms with van der Waals surface area (Å²) in [4.78, 5) is 29.6. The van der Waals surface area contributed by atoms with Gasteiger partial charge in [0.1, 0.15) is 0 Å². The monoisotopic (exact) mass is 276 g/mol. The first-order valence-corrected chi connectivity index (χ1v) is 6.80. The number of aryl methyl sites for hydroxylation is 1. The van der Waals surface area contributed by atoms with Gasteiger partial charge in [0, 0.05) is 6.04 Å². The van der Waals surface area contributed by atoms with Gasteiger partial charge in [-0.05, 0) is 25.8 Å². The molecule has 1 aromatic heterocycles. The third-order valence-corrected chi connectivity index (χ3v) is 3.69. The molecule has 0 saturated heterocycles. The molecule has 0 spiro atoms. The van der Waals surface area contributed by atoms with Crippen molar-refractivity contribution in [1.82, 2.24) is 9.88 Å². The Hall–Kier alpha value is -2.11. The minimum Gasteiger partial charge on any atom is -0.397 e. The lowest BCUT2D eigenvalue weighted by atomic mass is 10.1. The molecule has 2 amide bonds. The maximum absolute atomic E-state index is 12.7. The third-order valence-electron chi connectivity index (χ3n) is 3.69. The van der Waals surface area contributed by atoms with E-state index in [1.54, 1.807) is 17.9 Å². The molecule has 4 N–H and O–H groups in total. The van der Waals surface area contributed by atoms with Crippen LogP contribution < -0.4 is 11.5 Å². The van der Waals surface area contributed by atoms with Crippen LogP contribution in [0.5, 0.6) is 0 Å². The highest BCUT2D eigenvalue weighted by atomic mass is 16.2. The van der Waals surface area contributed by atoms with E-state index in [9.17, 15) is 9.59 Å². The van der Waals surface area contributed by atoms with E-state index in [4.69, 9.17) is 11.5 Å². The standard InChI is InChI=1S/C14H20N4O2/c1-9-12(6-10(15)7-17-9)14(20)18(8-13(16)19)11-4-2-3-5-11/h6-7,11H,2-5,8,15H2,1H3,(H2,16,19). The number of nitrogens with zero attached hydrogens (tertiary/aromatic N) is 2. The van der Waals surface area contributed by atoms with Gasteiger partial charge in [-0.1, -0.05) is 12.8 Å². The summed E-state index contributed by atoms with van der Waals surface area (Å²) < 4.78 is 0. The predicted molar refractivity (Wildman–Crippen MR) is 75.9 cm³/mol. The van der Waals surface area contributed by atoms with Gasteiger partial charge in [0.2, 0.25) is 5.91 Å². The number of hydrogen-bond acceptors (Lipinski definition) is 4. The molecule has 108 valence electrons. The van der Waals surface area contributed by atoms with Crippen molar-refractivity contribution >= 4 is 17.5 Å². The van der Waals surface area contributed by atoms with E-state index >= 15 is 0 Å². The van der Waals surface area contributed by atoms with Crippen molar-refractivity contribution in [2.45, 2.75) is 38.6 Å². The highest BCUT2D eigenvalue weighted by Crippen LogP contribution is 2.25.